The van der Waals surface area contributed by atoms with Gasteiger partial charge in [-0.3, -0.25) is 4.99 Å². The molecule has 7 nitrogen and oxygen atoms in total. The van der Waals surface area contributed by atoms with E-state index in [0.717, 1.165) is 41.9 Å². The molecule has 3 rings (SSSR count). The van der Waals surface area contributed by atoms with Gasteiger partial charge in [0.1, 0.15) is 5.01 Å². The minimum Gasteiger partial charge on any atom is -0.357 e. The van der Waals surface area contributed by atoms with E-state index in [1.165, 1.54) is 23.4 Å². The monoisotopic (exact) mass is 445 g/mol. The molecule has 1 aromatic rings. The molecular weight excluding hydrogens is 414 g/mol. The zero-order valence-electron chi connectivity index (χ0n) is 16.8. The van der Waals surface area contributed by atoms with Gasteiger partial charge in [0, 0.05) is 43.1 Å². The molecule has 1 aromatic heterocycles. The summed E-state index contributed by atoms with van der Waals surface area (Å²) in [5.41, 5.74) is 1.27. The molecule has 0 unspecified atom stereocenters. The molecule has 10 heteroatoms. The maximum atomic E-state index is 12.5. The van der Waals surface area contributed by atoms with Gasteiger partial charge in [0.2, 0.25) is 10.0 Å². The van der Waals surface area contributed by atoms with Crippen molar-refractivity contribution in [3.05, 3.63) is 15.6 Å². The predicted molar refractivity (Wildman–Crippen MR) is 119 cm³/mol. The molecule has 0 bridgehead atoms. The van der Waals surface area contributed by atoms with Crippen LogP contribution in [0.3, 0.4) is 0 Å². The van der Waals surface area contributed by atoms with Gasteiger partial charge >= 0.3 is 0 Å². The van der Waals surface area contributed by atoms with Crippen molar-refractivity contribution < 1.29 is 8.42 Å². The van der Waals surface area contributed by atoms with Gasteiger partial charge in [-0.1, -0.05) is 0 Å². The van der Waals surface area contributed by atoms with Crippen molar-refractivity contribution in [3.8, 4) is 0 Å². The standard InChI is InChI=1S/C18H31N5O2S3/c1-3-19-18(20-8-13-28(24,25)23-9-11-26-12-10-23)22(2)14-17-21-15-6-4-5-7-16(15)27-17/h3-14H2,1-2H3,(H,19,20). The Morgan fingerprint density at radius 2 is 2.04 bits per heavy atom. The second-order valence-corrected chi connectivity index (χ2v) is 11.6. The molecule has 1 aliphatic heterocycles. The number of aliphatic imine (C=N–C) groups is 1. The molecule has 1 fully saturated rings. The van der Waals surface area contributed by atoms with Crippen LogP contribution in [0.2, 0.25) is 0 Å². The molecule has 0 spiro atoms. The van der Waals surface area contributed by atoms with E-state index < -0.39 is 10.0 Å². The SMILES string of the molecule is CCNC(=NCCS(=O)(=O)N1CCSCC1)N(C)Cc1nc2c(s1)CCCC2. The summed E-state index contributed by atoms with van der Waals surface area (Å²) in [6.45, 7) is 4.96. The quantitative estimate of drug-likeness (QED) is 0.509. The second-order valence-electron chi connectivity index (χ2n) is 7.10. The van der Waals surface area contributed by atoms with Crippen LogP contribution in [0.5, 0.6) is 0 Å². The van der Waals surface area contributed by atoms with Gasteiger partial charge in [0.15, 0.2) is 5.96 Å². The highest BCUT2D eigenvalue weighted by Gasteiger charge is 2.23. The van der Waals surface area contributed by atoms with E-state index in [0.29, 0.717) is 19.6 Å². The molecule has 1 aliphatic carbocycles. The van der Waals surface area contributed by atoms with E-state index in [1.54, 1.807) is 15.6 Å². The number of nitrogens with one attached hydrogen (secondary N) is 1. The Kier molecular flexibility index (Phi) is 8.02. The van der Waals surface area contributed by atoms with Crippen LogP contribution in [0.15, 0.2) is 4.99 Å². The first kappa shape index (κ1) is 21.9. The van der Waals surface area contributed by atoms with E-state index in [4.69, 9.17) is 4.98 Å². The minimum atomic E-state index is -3.22. The summed E-state index contributed by atoms with van der Waals surface area (Å²) >= 11 is 3.62. The Labute approximate surface area is 177 Å². The number of thiazole rings is 1. The molecule has 1 saturated heterocycles. The molecule has 2 aliphatic rings. The molecule has 28 heavy (non-hydrogen) atoms. The summed E-state index contributed by atoms with van der Waals surface area (Å²) in [6, 6.07) is 0. The second kappa shape index (κ2) is 10.3. The van der Waals surface area contributed by atoms with Gasteiger partial charge < -0.3 is 10.2 Å². The van der Waals surface area contributed by atoms with Crippen LogP contribution in [0, 0.1) is 0 Å². The summed E-state index contributed by atoms with van der Waals surface area (Å²) < 4.78 is 26.6. The van der Waals surface area contributed by atoms with E-state index >= 15 is 0 Å². The first-order valence-corrected chi connectivity index (χ1v) is 13.6. The Morgan fingerprint density at radius 3 is 2.75 bits per heavy atom. The fourth-order valence-corrected chi connectivity index (χ4v) is 7.11. The maximum Gasteiger partial charge on any atom is 0.215 e. The van der Waals surface area contributed by atoms with Crippen molar-refractivity contribution in [2.75, 3.05) is 50.5 Å². The van der Waals surface area contributed by atoms with E-state index in [2.05, 4.69) is 10.3 Å². The van der Waals surface area contributed by atoms with Crippen molar-refractivity contribution in [2.24, 2.45) is 4.99 Å². The summed E-state index contributed by atoms with van der Waals surface area (Å²) in [5.74, 6) is 2.56. The fourth-order valence-electron chi connectivity index (χ4n) is 3.44. The number of hydrogen-bond donors (Lipinski definition) is 1. The average Bonchev–Trinajstić information content (AvgIpc) is 3.10. The molecule has 2 heterocycles. The lowest BCUT2D eigenvalue weighted by Crippen LogP contribution is -2.41. The number of fused-ring (bicyclic) bond motifs is 1. The Bertz CT molecular complexity index is 749. The van der Waals surface area contributed by atoms with E-state index in [9.17, 15) is 8.42 Å². The van der Waals surface area contributed by atoms with Gasteiger partial charge in [0.05, 0.1) is 24.5 Å². The number of aromatic nitrogens is 1. The molecule has 158 valence electrons. The van der Waals surface area contributed by atoms with Crippen LogP contribution in [-0.4, -0.2) is 79.1 Å². The van der Waals surface area contributed by atoms with E-state index in [-0.39, 0.29) is 12.3 Å². The van der Waals surface area contributed by atoms with Crippen LogP contribution >= 0.6 is 23.1 Å². The third-order valence-corrected chi connectivity index (χ3v) is 8.87. The van der Waals surface area contributed by atoms with Crippen molar-refractivity contribution in [3.63, 3.8) is 0 Å². The summed E-state index contributed by atoms with van der Waals surface area (Å²) in [4.78, 5) is 12.8. The normalized spacial score (nSPS) is 18.7. The van der Waals surface area contributed by atoms with Crippen molar-refractivity contribution in [1.29, 1.82) is 0 Å². The van der Waals surface area contributed by atoms with Gasteiger partial charge in [-0.2, -0.15) is 11.8 Å². The number of guanidine groups is 1. The number of nitrogens with zero attached hydrogens (tertiary/aromatic N) is 4. The number of hydrogen-bond acceptors (Lipinski definition) is 6. The largest absolute Gasteiger partial charge is 0.357 e. The van der Waals surface area contributed by atoms with Crippen molar-refractivity contribution in [2.45, 2.75) is 39.2 Å². The Balaban J connectivity index is 1.58. The minimum absolute atomic E-state index is 0.0615. The molecule has 0 aromatic carbocycles. The lowest BCUT2D eigenvalue weighted by molar-refractivity contribution is 0.443. The van der Waals surface area contributed by atoms with Crippen LogP contribution < -0.4 is 5.32 Å². The third kappa shape index (κ3) is 5.84. The molecule has 0 amide bonds. The van der Waals surface area contributed by atoms with Crippen LogP contribution in [0.1, 0.15) is 35.3 Å². The van der Waals surface area contributed by atoms with Crippen LogP contribution in [0.4, 0.5) is 0 Å². The average molecular weight is 446 g/mol. The zero-order valence-corrected chi connectivity index (χ0v) is 19.3. The van der Waals surface area contributed by atoms with Crippen molar-refractivity contribution >= 4 is 39.1 Å². The van der Waals surface area contributed by atoms with Gasteiger partial charge in [-0.15, -0.1) is 11.3 Å². The highest BCUT2D eigenvalue weighted by molar-refractivity contribution is 7.99. The topological polar surface area (TPSA) is 77.9 Å². The predicted octanol–water partition coefficient (Wildman–Crippen LogP) is 1.80. The molecule has 0 radical (unpaired) electrons. The van der Waals surface area contributed by atoms with Crippen LogP contribution in [0.25, 0.3) is 0 Å². The summed E-state index contributed by atoms with van der Waals surface area (Å²) in [5, 5.41) is 4.38. The summed E-state index contributed by atoms with van der Waals surface area (Å²) in [7, 11) is -1.24. The lowest BCUT2D eigenvalue weighted by atomic mass is 10.0. The van der Waals surface area contributed by atoms with Gasteiger partial charge in [0.25, 0.3) is 0 Å². The number of thioether (sulfide) groups is 1. The highest BCUT2D eigenvalue weighted by atomic mass is 32.2. The Morgan fingerprint density at radius 1 is 1.29 bits per heavy atom. The molecule has 0 saturated carbocycles. The number of rotatable bonds is 7. The molecule has 1 N–H and O–H groups in total. The van der Waals surface area contributed by atoms with E-state index in [1.807, 2.05) is 30.6 Å². The summed E-state index contributed by atoms with van der Waals surface area (Å²) in [6.07, 6.45) is 4.74. The highest BCUT2D eigenvalue weighted by Crippen LogP contribution is 2.27. The van der Waals surface area contributed by atoms with Gasteiger partial charge in [-0.25, -0.2) is 17.7 Å². The van der Waals surface area contributed by atoms with Crippen LogP contribution in [-0.2, 0) is 29.4 Å². The van der Waals surface area contributed by atoms with Gasteiger partial charge in [-0.05, 0) is 32.6 Å². The first-order valence-electron chi connectivity index (χ1n) is 10.0. The smallest absolute Gasteiger partial charge is 0.215 e. The lowest BCUT2D eigenvalue weighted by Gasteiger charge is -2.25. The zero-order chi connectivity index (χ0) is 20.0. The Hall–Kier alpha value is -0.840. The molecular formula is C18H31N5O2S3. The first-order chi connectivity index (χ1) is 13.5. The third-order valence-electron chi connectivity index (χ3n) is 4.93. The fraction of sp³-hybridized carbons (Fsp3) is 0.778. The maximum absolute atomic E-state index is 12.5. The number of aryl methyl sites for hydroxylation is 2. The van der Waals surface area contributed by atoms with Crippen molar-refractivity contribution in [1.82, 2.24) is 19.5 Å². The molecule has 0 atom stereocenters. The number of sulfonamides is 1.